The molecule has 78 valence electrons. The topological polar surface area (TPSA) is 61.0 Å². The first-order chi connectivity index (χ1) is 7.11. The van der Waals surface area contributed by atoms with Crippen molar-refractivity contribution in [3.8, 4) is 5.75 Å². The average molecular weight is 203 g/mol. The minimum atomic E-state index is 0.467. The van der Waals surface area contributed by atoms with E-state index in [4.69, 9.17) is 10.5 Å². The molecule has 0 radical (unpaired) electrons. The molecular weight excluding hydrogens is 190 g/mol. The molecule has 4 nitrogen and oxygen atoms in total. The Hall–Kier alpha value is -1.84. The number of aryl methyl sites for hydroxylation is 2. The van der Waals surface area contributed by atoms with E-state index in [1.54, 1.807) is 7.11 Å². The molecule has 1 aromatic carbocycles. The maximum atomic E-state index is 5.85. The van der Waals surface area contributed by atoms with Crippen LogP contribution in [0.4, 0.5) is 5.82 Å². The smallest absolute Gasteiger partial charge is 0.138 e. The second-order valence-electron chi connectivity index (χ2n) is 3.52. The van der Waals surface area contributed by atoms with Crippen molar-refractivity contribution in [3.05, 3.63) is 23.5 Å². The average Bonchev–Trinajstić information content (AvgIpc) is 2.14. The molecule has 4 heteroatoms. The Bertz CT molecular complexity index is 517. The predicted octanol–water partition coefficient (Wildman–Crippen LogP) is 1.84. The molecule has 15 heavy (non-hydrogen) atoms. The van der Waals surface area contributed by atoms with Crippen molar-refractivity contribution in [3.63, 3.8) is 0 Å². The van der Waals surface area contributed by atoms with Crippen LogP contribution in [0.5, 0.6) is 5.75 Å². The van der Waals surface area contributed by atoms with Gasteiger partial charge in [-0.2, -0.15) is 0 Å². The quantitative estimate of drug-likeness (QED) is 0.768. The van der Waals surface area contributed by atoms with Crippen molar-refractivity contribution in [1.29, 1.82) is 0 Å². The number of anilines is 1. The van der Waals surface area contributed by atoms with Crippen LogP contribution in [0.2, 0.25) is 0 Å². The van der Waals surface area contributed by atoms with E-state index in [1.165, 1.54) is 0 Å². The molecule has 0 aliphatic rings. The minimum absolute atomic E-state index is 0.467. The minimum Gasteiger partial charge on any atom is -0.496 e. The number of hydrogen-bond donors (Lipinski definition) is 1. The van der Waals surface area contributed by atoms with Crippen LogP contribution < -0.4 is 10.5 Å². The lowest BCUT2D eigenvalue weighted by atomic mass is 10.1. The summed E-state index contributed by atoms with van der Waals surface area (Å²) in [6.45, 7) is 3.82. The van der Waals surface area contributed by atoms with Crippen molar-refractivity contribution < 1.29 is 4.74 Å². The fraction of sp³-hybridized carbons (Fsp3) is 0.273. The van der Waals surface area contributed by atoms with E-state index >= 15 is 0 Å². The summed E-state index contributed by atoms with van der Waals surface area (Å²) in [5.41, 5.74) is 7.78. The van der Waals surface area contributed by atoms with E-state index in [-0.39, 0.29) is 0 Å². The molecule has 2 N–H and O–H groups in total. The zero-order valence-electron chi connectivity index (χ0n) is 9.03. The number of nitrogens with two attached hydrogens (primary N) is 1. The van der Waals surface area contributed by atoms with E-state index in [0.717, 1.165) is 22.2 Å². The molecule has 0 amide bonds. The molecule has 1 aromatic heterocycles. The number of nitrogen functional groups attached to an aromatic ring is 1. The maximum absolute atomic E-state index is 5.85. The van der Waals surface area contributed by atoms with Crippen LogP contribution in [0.25, 0.3) is 10.9 Å². The molecule has 0 atom stereocenters. The summed E-state index contributed by atoms with van der Waals surface area (Å²) in [5.74, 6) is 1.87. The maximum Gasteiger partial charge on any atom is 0.138 e. The largest absolute Gasteiger partial charge is 0.496 e. The summed E-state index contributed by atoms with van der Waals surface area (Å²) in [7, 11) is 1.62. The lowest BCUT2D eigenvalue weighted by molar-refractivity contribution is 0.419. The third kappa shape index (κ3) is 1.58. The van der Waals surface area contributed by atoms with Crippen molar-refractivity contribution in [1.82, 2.24) is 9.97 Å². The molecule has 1 heterocycles. The van der Waals surface area contributed by atoms with Gasteiger partial charge in [0.2, 0.25) is 0 Å². The fourth-order valence-electron chi connectivity index (χ4n) is 1.67. The lowest BCUT2D eigenvalue weighted by Crippen LogP contribution is -1.99. The number of aromatic nitrogens is 2. The zero-order valence-corrected chi connectivity index (χ0v) is 9.03. The highest BCUT2D eigenvalue weighted by molar-refractivity contribution is 5.94. The number of nitrogens with zero attached hydrogens (tertiary/aromatic N) is 2. The fourth-order valence-corrected chi connectivity index (χ4v) is 1.67. The van der Waals surface area contributed by atoms with Gasteiger partial charge in [0.1, 0.15) is 17.4 Å². The SMILES string of the molecule is COc1cc(C)cc2nc(C)nc(N)c12. The number of ether oxygens (including phenoxy) is 1. The third-order valence-corrected chi connectivity index (χ3v) is 2.27. The van der Waals surface area contributed by atoms with E-state index in [2.05, 4.69) is 9.97 Å². The van der Waals surface area contributed by atoms with E-state index in [0.29, 0.717) is 11.6 Å². The summed E-state index contributed by atoms with van der Waals surface area (Å²) >= 11 is 0. The van der Waals surface area contributed by atoms with Gasteiger partial charge in [0.15, 0.2) is 0 Å². The van der Waals surface area contributed by atoms with Crippen LogP contribution in [0.3, 0.4) is 0 Å². The Morgan fingerprint density at radius 2 is 1.93 bits per heavy atom. The van der Waals surface area contributed by atoms with Crippen molar-refractivity contribution in [2.24, 2.45) is 0 Å². The van der Waals surface area contributed by atoms with Gasteiger partial charge in [-0.05, 0) is 31.5 Å². The second-order valence-corrected chi connectivity index (χ2v) is 3.52. The lowest BCUT2D eigenvalue weighted by Gasteiger charge is -2.08. The monoisotopic (exact) mass is 203 g/mol. The molecule has 0 aliphatic carbocycles. The Morgan fingerprint density at radius 1 is 1.20 bits per heavy atom. The van der Waals surface area contributed by atoms with Crippen molar-refractivity contribution in [2.75, 3.05) is 12.8 Å². The normalized spacial score (nSPS) is 10.6. The number of methoxy groups -OCH3 is 1. The van der Waals surface area contributed by atoms with E-state index in [9.17, 15) is 0 Å². The van der Waals surface area contributed by atoms with Gasteiger partial charge in [-0.15, -0.1) is 0 Å². The van der Waals surface area contributed by atoms with Gasteiger partial charge in [0, 0.05) is 0 Å². The van der Waals surface area contributed by atoms with Gasteiger partial charge in [0.05, 0.1) is 18.0 Å². The second kappa shape index (κ2) is 3.38. The Morgan fingerprint density at radius 3 is 2.60 bits per heavy atom. The van der Waals surface area contributed by atoms with Gasteiger partial charge < -0.3 is 10.5 Å². The van der Waals surface area contributed by atoms with Gasteiger partial charge in [-0.25, -0.2) is 9.97 Å². The van der Waals surface area contributed by atoms with E-state index in [1.807, 2.05) is 26.0 Å². The van der Waals surface area contributed by atoms with Crippen LogP contribution in [-0.2, 0) is 0 Å². The first-order valence-electron chi connectivity index (χ1n) is 4.70. The molecule has 0 unspecified atom stereocenters. The highest BCUT2D eigenvalue weighted by Gasteiger charge is 2.09. The van der Waals surface area contributed by atoms with Gasteiger partial charge in [-0.1, -0.05) is 0 Å². The summed E-state index contributed by atoms with van der Waals surface area (Å²) in [4.78, 5) is 8.46. The Labute approximate surface area is 88.1 Å². The molecule has 0 saturated heterocycles. The van der Waals surface area contributed by atoms with Crippen LogP contribution in [-0.4, -0.2) is 17.1 Å². The summed E-state index contributed by atoms with van der Waals surface area (Å²) in [6.07, 6.45) is 0. The van der Waals surface area contributed by atoms with Gasteiger partial charge in [0.25, 0.3) is 0 Å². The van der Waals surface area contributed by atoms with E-state index < -0.39 is 0 Å². The number of benzene rings is 1. The first kappa shape index (κ1) is 9.71. The van der Waals surface area contributed by atoms with Gasteiger partial charge in [-0.3, -0.25) is 0 Å². The molecule has 0 spiro atoms. The summed E-state index contributed by atoms with van der Waals surface area (Å²) in [6, 6.07) is 3.90. The van der Waals surface area contributed by atoms with Crippen LogP contribution in [0.15, 0.2) is 12.1 Å². The van der Waals surface area contributed by atoms with Crippen LogP contribution >= 0.6 is 0 Å². The zero-order chi connectivity index (χ0) is 11.0. The predicted molar refractivity (Wildman–Crippen MR) is 60.0 cm³/mol. The molecule has 0 aliphatic heterocycles. The first-order valence-corrected chi connectivity index (χ1v) is 4.70. The van der Waals surface area contributed by atoms with Gasteiger partial charge >= 0.3 is 0 Å². The molecule has 0 saturated carbocycles. The molecular formula is C11H13N3O. The van der Waals surface area contributed by atoms with Crippen LogP contribution in [0, 0.1) is 13.8 Å². The molecule has 2 aromatic rings. The van der Waals surface area contributed by atoms with Crippen molar-refractivity contribution in [2.45, 2.75) is 13.8 Å². The Kier molecular flexibility index (Phi) is 2.19. The number of hydrogen-bond acceptors (Lipinski definition) is 4. The summed E-state index contributed by atoms with van der Waals surface area (Å²) < 4.78 is 5.27. The highest BCUT2D eigenvalue weighted by atomic mass is 16.5. The highest BCUT2D eigenvalue weighted by Crippen LogP contribution is 2.29. The number of fused-ring (bicyclic) bond motifs is 1. The molecule has 2 rings (SSSR count). The van der Waals surface area contributed by atoms with Crippen molar-refractivity contribution >= 4 is 16.7 Å². The summed E-state index contributed by atoms with van der Waals surface area (Å²) in [5, 5.41) is 0.786. The standard InChI is InChI=1S/C11H13N3O/c1-6-4-8-10(9(5-6)15-3)11(12)14-7(2)13-8/h4-5H,1-3H3,(H2,12,13,14). The number of rotatable bonds is 1. The molecule has 0 bridgehead atoms. The van der Waals surface area contributed by atoms with Crippen LogP contribution in [0.1, 0.15) is 11.4 Å². The third-order valence-electron chi connectivity index (χ3n) is 2.27. The Balaban J connectivity index is 2.90. The molecule has 0 fully saturated rings.